The first-order valence-corrected chi connectivity index (χ1v) is 8.31. The molecule has 0 bridgehead atoms. The molecule has 0 aliphatic carbocycles. The highest BCUT2D eigenvalue weighted by atomic mass is 79.9. The van der Waals surface area contributed by atoms with E-state index in [0.717, 1.165) is 9.35 Å². The molecule has 3 aromatic rings. The maximum Gasteiger partial charge on any atom is 0.275 e. The van der Waals surface area contributed by atoms with E-state index in [9.17, 15) is 4.79 Å². The molecule has 0 unspecified atom stereocenters. The molecule has 3 rings (SSSR count). The van der Waals surface area contributed by atoms with E-state index >= 15 is 0 Å². The normalized spacial score (nSPS) is 10.7. The summed E-state index contributed by atoms with van der Waals surface area (Å²) in [6.45, 7) is 1.85. The van der Waals surface area contributed by atoms with Crippen LogP contribution in [0, 0.1) is 6.92 Å². The van der Waals surface area contributed by atoms with Gasteiger partial charge in [0.15, 0.2) is 10.8 Å². The summed E-state index contributed by atoms with van der Waals surface area (Å²) in [6.07, 6.45) is 1.58. The molecule has 0 aliphatic heterocycles. The summed E-state index contributed by atoms with van der Waals surface area (Å²) in [4.78, 5) is 17.6. The van der Waals surface area contributed by atoms with Gasteiger partial charge in [0.25, 0.3) is 5.91 Å². The molecule has 0 aliphatic rings. The summed E-state index contributed by atoms with van der Waals surface area (Å²) >= 11 is 10.8. The van der Waals surface area contributed by atoms with Crippen molar-refractivity contribution in [2.75, 3.05) is 5.32 Å². The summed E-state index contributed by atoms with van der Waals surface area (Å²) in [7, 11) is 0. The number of nitrogens with one attached hydrogen (secondary N) is 1. The number of nitrogens with zero attached hydrogens (tertiary/aromatic N) is 1. The highest BCUT2D eigenvalue weighted by Gasteiger charge is 2.18. The molecule has 0 fully saturated rings. The van der Waals surface area contributed by atoms with Gasteiger partial charge >= 0.3 is 0 Å². The second kappa shape index (κ2) is 6.24. The van der Waals surface area contributed by atoms with Crippen molar-refractivity contribution in [3.8, 4) is 10.8 Å². The minimum absolute atomic E-state index is 0.296. The van der Waals surface area contributed by atoms with Gasteiger partial charge in [0.05, 0.1) is 17.0 Å². The van der Waals surface area contributed by atoms with Crippen LogP contribution in [0.4, 0.5) is 5.69 Å². The highest BCUT2D eigenvalue weighted by Crippen LogP contribution is 2.30. The fourth-order valence-corrected chi connectivity index (χ4v) is 3.48. The van der Waals surface area contributed by atoms with Crippen molar-refractivity contribution in [3.05, 3.63) is 56.7 Å². The number of hydrogen-bond acceptors (Lipinski definition) is 4. The topological polar surface area (TPSA) is 55.1 Å². The first-order chi connectivity index (χ1) is 10.5. The van der Waals surface area contributed by atoms with E-state index in [1.165, 1.54) is 11.3 Å². The van der Waals surface area contributed by atoms with E-state index in [1.807, 2.05) is 19.1 Å². The van der Waals surface area contributed by atoms with Crippen LogP contribution in [-0.2, 0) is 0 Å². The Kier molecular flexibility index (Phi) is 4.33. The van der Waals surface area contributed by atoms with Gasteiger partial charge in [-0.15, -0.1) is 11.3 Å². The molecule has 7 heteroatoms. The van der Waals surface area contributed by atoms with Crippen molar-refractivity contribution in [1.29, 1.82) is 0 Å². The minimum Gasteiger partial charge on any atom is -0.462 e. The van der Waals surface area contributed by atoms with Crippen molar-refractivity contribution in [2.45, 2.75) is 6.92 Å². The summed E-state index contributed by atoms with van der Waals surface area (Å²) in [5, 5.41) is 3.91. The largest absolute Gasteiger partial charge is 0.462 e. The predicted molar refractivity (Wildman–Crippen MR) is 91.7 cm³/mol. The summed E-state index contributed by atoms with van der Waals surface area (Å²) in [5.41, 5.74) is 0.914. The highest BCUT2D eigenvalue weighted by molar-refractivity contribution is 9.10. The number of amides is 1. The van der Waals surface area contributed by atoms with Crippen molar-refractivity contribution in [2.24, 2.45) is 0 Å². The number of aryl methyl sites for hydroxylation is 1. The Balaban J connectivity index is 1.86. The number of thiazole rings is 1. The van der Waals surface area contributed by atoms with Crippen LogP contribution in [0.3, 0.4) is 0 Å². The number of hydrogen-bond donors (Lipinski definition) is 1. The average molecular weight is 398 g/mol. The molecule has 0 atom stereocenters. The number of carbonyl (C=O) groups excluding carboxylic acids is 1. The van der Waals surface area contributed by atoms with E-state index in [2.05, 4.69) is 26.2 Å². The van der Waals surface area contributed by atoms with Crippen molar-refractivity contribution < 1.29 is 9.21 Å². The summed E-state index contributed by atoms with van der Waals surface area (Å²) in [6, 6.07) is 8.86. The molecule has 0 spiro atoms. The fraction of sp³-hybridized carbons (Fsp3) is 0.0667. The predicted octanol–water partition coefficient (Wildman–Crippen LogP) is 5.38. The molecule has 0 radical (unpaired) electrons. The quantitative estimate of drug-likeness (QED) is 0.645. The van der Waals surface area contributed by atoms with Crippen LogP contribution in [0.15, 0.2) is 45.5 Å². The van der Waals surface area contributed by atoms with E-state index in [-0.39, 0.29) is 5.91 Å². The standard InChI is InChI=1S/C15H10BrClN2O2S/c1-8-13(19-15(22-8)12-3-2-6-21-12)14(20)18-11-5-4-9(16)7-10(11)17/h2-7H,1H3,(H,18,20). The van der Waals surface area contributed by atoms with Crippen molar-refractivity contribution in [3.63, 3.8) is 0 Å². The molecule has 1 N–H and O–H groups in total. The molecule has 2 heterocycles. The molecule has 22 heavy (non-hydrogen) atoms. The second-order valence-corrected chi connectivity index (χ2v) is 7.01. The fourth-order valence-electron chi connectivity index (χ4n) is 1.89. The van der Waals surface area contributed by atoms with Gasteiger partial charge < -0.3 is 9.73 Å². The molecule has 2 aromatic heterocycles. The van der Waals surface area contributed by atoms with Gasteiger partial charge in [0, 0.05) is 9.35 Å². The third-order valence-corrected chi connectivity index (χ3v) is 4.71. The Morgan fingerprint density at radius 2 is 2.23 bits per heavy atom. The first-order valence-electron chi connectivity index (χ1n) is 6.32. The number of carbonyl (C=O) groups is 1. The molecule has 1 amide bonds. The zero-order valence-corrected chi connectivity index (χ0v) is 14.6. The van der Waals surface area contributed by atoms with Crippen LogP contribution in [0.1, 0.15) is 15.4 Å². The van der Waals surface area contributed by atoms with Gasteiger partial charge in [-0.1, -0.05) is 27.5 Å². The third kappa shape index (κ3) is 3.09. The molecule has 112 valence electrons. The number of halogens is 2. The van der Waals surface area contributed by atoms with Gasteiger partial charge in [-0.05, 0) is 37.3 Å². The lowest BCUT2D eigenvalue weighted by Gasteiger charge is -2.06. The molecular formula is C15H10BrClN2O2S. The number of rotatable bonds is 3. The summed E-state index contributed by atoms with van der Waals surface area (Å²) in [5.74, 6) is 0.351. The maximum absolute atomic E-state index is 12.4. The maximum atomic E-state index is 12.4. The monoisotopic (exact) mass is 396 g/mol. The number of furan rings is 1. The minimum atomic E-state index is -0.296. The lowest BCUT2D eigenvalue weighted by Crippen LogP contribution is -2.13. The summed E-state index contributed by atoms with van der Waals surface area (Å²) < 4.78 is 6.16. The average Bonchev–Trinajstić information content (AvgIpc) is 3.10. The van der Waals surface area contributed by atoms with Crippen molar-refractivity contribution in [1.82, 2.24) is 4.98 Å². The number of aromatic nitrogens is 1. The van der Waals surface area contributed by atoms with Gasteiger partial charge in [-0.3, -0.25) is 4.79 Å². The number of benzene rings is 1. The Morgan fingerprint density at radius 1 is 1.41 bits per heavy atom. The van der Waals surface area contributed by atoms with E-state index in [4.69, 9.17) is 16.0 Å². The Labute approximate surface area is 144 Å². The third-order valence-electron chi connectivity index (χ3n) is 2.92. The van der Waals surface area contributed by atoms with E-state index < -0.39 is 0 Å². The van der Waals surface area contributed by atoms with Crippen LogP contribution in [-0.4, -0.2) is 10.9 Å². The Morgan fingerprint density at radius 3 is 2.91 bits per heavy atom. The molecular weight excluding hydrogens is 388 g/mol. The molecule has 4 nitrogen and oxygen atoms in total. The second-order valence-electron chi connectivity index (χ2n) is 4.48. The zero-order valence-electron chi connectivity index (χ0n) is 11.4. The first kappa shape index (κ1) is 15.3. The lowest BCUT2D eigenvalue weighted by atomic mass is 10.3. The van der Waals surface area contributed by atoms with Gasteiger partial charge in [-0.2, -0.15) is 0 Å². The van der Waals surface area contributed by atoms with Gasteiger partial charge in [0.1, 0.15) is 5.69 Å². The van der Waals surface area contributed by atoms with E-state index in [0.29, 0.717) is 27.2 Å². The smallest absolute Gasteiger partial charge is 0.275 e. The molecule has 0 saturated carbocycles. The lowest BCUT2D eigenvalue weighted by molar-refractivity contribution is 0.102. The van der Waals surface area contributed by atoms with Gasteiger partial charge in [-0.25, -0.2) is 4.98 Å². The number of anilines is 1. The molecule has 0 saturated heterocycles. The Bertz CT molecular complexity index is 830. The zero-order chi connectivity index (χ0) is 15.7. The SMILES string of the molecule is Cc1sc(-c2ccco2)nc1C(=O)Nc1ccc(Br)cc1Cl. The van der Waals surface area contributed by atoms with Crippen LogP contribution in [0.5, 0.6) is 0 Å². The Hall–Kier alpha value is -1.63. The van der Waals surface area contributed by atoms with Crippen LogP contribution < -0.4 is 5.32 Å². The van der Waals surface area contributed by atoms with Gasteiger partial charge in [0.2, 0.25) is 0 Å². The van der Waals surface area contributed by atoms with E-state index in [1.54, 1.807) is 24.5 Å². The molecule has 1 aromatic carbocycles. The van der Waals surface area contributed by atoms with Crippen molar-refractivity contribution >= 4 is 50.5 Å². The van der Waals surface area contributed by atoms with Crippen LogP contribution >= 0.6 is 38.9 Å². The van der Waals surface area contributed by atoms with Crippen LogP contribution in [0.25, 0.3) is 10.8 Å². The van der Waals surface area contributed by atoms with Crippen LogP contribution in [0.2, 0.25) is 5.02 Å².